The minimum absolute atomic E-state index is 0.0170. The molecule has 0 aliphatic heterocycles. The molecule has 0 saturated heterocycles. The van der Waals surface area contributed by atoms with Crippen LogP contribution in [0, 0.1) is 0 Å². The predicted molar refractivity (Wildman–Crippen MR) is 100 cm³/mol. The molecule has 2 heterocycles. The van der Waals surface area contributed by atoms with Crippen LogP contribution in [0.25, 0.3) is 21.8 Å². The van der Waals surface area contributed by atoms with E-state index in [0.717, 1.165) is 16.5 Å². The summed E-state index contributed by atoms with van der Waals surface area (Å²) in [6, 6.07) is 14.3. The molecule has 26 heavy (non-hydrogen) atoms. The molecule has 0 aliphatic rings. The van der Waals surface area contributed by atoms with Crippen LogP contribution in [0.3, 0.4) is 0 Å². The van der Waals surface area contributed by atoms with Gasteiger partial charge in [0.25, 0.3) is 0 Å². The van der Waals surface area contributed by atoms with Gasteiger partial charge in [-0.3, -0.25) is 0 Å². The number of nitrogens with one attached hydrogen (secondary N) is 1. The maximum Gasteiger partial charge on any atom is 0.163 e. The fraction of sp³-hybridized carbons (Fsp3) is 0.211. The van der Waals surface area contributed by atoms with Gasteiger partial charge in [-0.2, -0.15) is 5.10 Å². The number of benzene rings is 2. The number of fused-ring (bicyclic) bond motifs is 2. The molecule has 7 nitrogen and oxygen atoms in total. The van der Waals surface area contributed by atoms with E-state index in [0.29, 0.717) is 31.2 Å². The SMILES string of the molecule is OCCn1ncc2c(NCCOc3ccc4ccccc4c3)ncnc21. The number of aromatic nitrogens is 4. The minimum Gasteiger partial charge on any atom is -0.492 e. The summed E-state index contributed by atoms with van der Waals surface area (Å²) in [7, 11) is 0. The minimum atomic E-state index is 0.0170. The zero-order valence-corrected chi connectivity index (χ0v) is 14.2. The molecule has 0 bridgehead atoms. The first-order valence-electron chi connectivity index (χ1n) is 8.48. The summed E-state index contributed by atoms with van der Waals surface area (Å²) in [5.74, 6) is 1.55. The van der Waals surface area contributed by atoms with E-state index in [1.165, 1.54) is 11.7 Å². The van der Waals surface area contributed by atoms with Crippen LogP contribution < -0.4 is 10.1 Å². The first-order valence-corrected chi connectivity index (χ1v) is 8.48. The Morgan fingerprint density at radius 1 is 1.08 bits per heavy atom. The van der Waals surface area contributed by atoms with Crippen molar-refractivity contribution in [2.45, 2.75) is 6.54 Å². The summed E-state index contributed by atoms with van der Waals surface area (Å²) in [5, 5.41) is 19.8. The third kappa shape index (κ3) is 3.29. The highest BCUT2D eigenvalue weighted by Crippen LogP contribution is 2.21. The van der Waals surface area contributed by atoms with Gasteiger partial charge in [0.1, 0.15) is 24.5 Å². The van der Waals surface area contributed by atoms with E-state index >= 15 is 0 Å². The lowest BCUT2D eigenvalue weighted by Gasteiger charge is -2.09. The Balaban J connectivity index is 1.39. The second kappa shape index (κ2) is 7.37. The zero-order valence-electron chi connectivity index (χ0n) is 14.2. The Hall–Kier alpha value is -3.19. The van der Waals surface area contributed by atoms with Gasteiger partial charge in [-0.15, -0.1) is 0 Å². The van der Waals surface area contributed by atoms with Crippen molar-refractivity contribution in [3.05, 3.63) is 55.0 Å². The van der Waals surface area contributed by atoms with Crippen molar-refractivity contribution in [2.24, 2.45) is 0 Å². The van der Waals surface area contributed by atoms with E-state index < -0.39 is 0 Å². The molecule has 7 heteroatoms. The Morgan fingerprint density at radius 3 is 2.85 bits per heavy atom. The van der Waals surface area contributed by atoms with Gasteiger partial charge < -0.3 is 15.2 Å². The highest BCUT2D eigenvalue weighted by atomic mass is 16.5. The maximum absolute atomic E-state index is 9.08. The molecule has 0 radical (unpaired) electrons. The molecule has 2 N–H and O–H groups in total. The molecule has 4 rings (SSSR count). The molecular weight excluding hydrogens is 330 g/mol. The van der Waals surface area contributed by atoms with Crippen LogP contribution in [0.15, 0.2) is 55.0 Å². The molecular formula is C19H19N5O2. The Bertz CT molecular complexity index is 1030. The molecule has 0 amide bonds. The lowest BCUT2D eigenvalue weighted by molar-refractivity contribution is 0.271. The number of nitrogens with zero attached hydrogens (tertiary/aromatic N) is 4. The van der Waals surface area contributed by atoms with Crippen molar-refractivity contribution in [3.8, 4) is 5.75 Å². The normalized spacial score (nSPS) is 11.1. The van der Waals surface area contributed by atoms with E-state index in [1.807, 2.05) is 24.3 Å². The monoisotopic (exact) mass is 349 g/mol. The van der Waals surface area contributed by atoms with Gasteiger partial charge in [0.05, 0.1) is 31.3 Å². The highest BCUT2D eigenvalue weighted by molar-refractivity contribution is 5.86. The summed E-state index contributed by atoms with van der Waals surface area (Å²) < 4.78 is 7.49. The third-order valence-electron chi connectivity index (χ3n) is 4.13. The Kier molecular flexibility index (Phi) is 4.61. The van der Waals surface area contributed by atoms with E-state index in [-0.39, 0.29) is 6.61 Å². The van der Waals surface area contributed by atoms with Crippen LogP contribution in [0.1, 0.15) is 0 Å². The number of aliphatic hydroxyl groups is 1. The lowest BCUT2D eigenvalue weighted by atomic mass is 10.1. The van der Waals surface area contributed by atoms with Gasteiger partial charge in [-0.1, -0.05) is 30.3 Å². The average molecular weight is 349 g/mol. The number of rotatable bonds is 7. The maximum atomic E-state index is 9.08. The van der Waals surface area contributed by atoms with Crippen LogP contribution in [0.4, 0.5) is 5.82 Å². The summed E-state index contributed by atoms with van der Waals surface area (Å²) in [4.78, 5) is 8.50. The molecule has 4 aromatic rings. The first-order chi connectivity index (χ1) is 12.8. The first kappa shape index (κ1) is 16.3. The van der Waals surface area contributed by atoms with Crippen LogP contribution in [0.2, 0.25) is 0 Å². The fourth-order valence-electron chi connectivity index (χ4n) is 2.89. The van der Waals surface area contributed by atoms with E-state index in [2.05, 4.69) is 38.6 Å². The largest absolute Gasteiger partial charge is 0.492 e. The van der Waals surface area contributed by atoms with Gasteiger partial charge >= 0.3 is 0 Å². The van der Waals surface area contributed by atoms with Crippen molar-refractivity contribution < 1.29 is 9.84 Å². The van der Waals surface area contributed by atoms with Crippen molar-refractivity contribution in [3.63, 3.8) is 0 Å². The zero-order chi connectivity index (χ0) is 17.8. The third-order valence-corrected chi connectivity index (χ3v) is 4.13. The highest BCUT2D eigenvalue weighted by Gasteiger charge is 2.09. The molecule has 0 aliphatic carbocycles. The second-order valence-corrected chi connectivity index (χ2v) is 5.84. The number of anilines is 1. The van der Waals surface area contributed by atoms with Gasteiger partial charge in [0.15, 0.2) is 5.65 Å². The molecule has 0 unspecified atom stereocenters. The number of hydrogen-bond donors (Lipinski definition) is 2. The summed E-state index contributed by atoms with van der Waals surface area (Å²) in [6.45, 7) is 1.53. The van der Waals surface area contributed by atoms with E-state index in [1.54, 1.807) is 10.9 Å². The number of ether oxygens (including phenoxy) is 1. The Morgan fingerprint density at radius 2 is 1.96 bits per heavy atom. The summed E-state index contributed by atoms with van der Waals surface area (Å²) in [6.07, 6.45) is 3.20. The van der Waals surface area contributed by atoms with Crippen molar-refractivity contribution in [2.75, 3.05) is 25.1 Å². The van der Waals surface area contributed by atoms with E-state index in [9.17, 15) is 0 Å². The molecule has 0 fully saturated rings. The van der Waals surface area contributed by atoms with Crippen LogP contribution >= 0.6 is 0 Å². The fourth-order valence-corrected chi connectivity index (χ4v) is 2.89. The topological polar surface area (TPSA) is 85.1 Å². The smallest absolute Gasteiger partial charge is 0.163 e. The number of hydrogen-bond acceptors (Lipinski definition) is 6. The van der Waals surface area contributed by atoms with Gasteiger partial charge in [0, 0.05) is 0 Å². The van der Waals surface area contributed by atoms with Gasteiger partial charge in [-0.25, -0.2) is 14.6 Å². The van der Waals surface area contributed by atoms with Crippen molar-refractivity contribution >= 4 is 27.6 Å². The van der Waals surface area contributed by atoms with E-state index in [4.69, 9.17) is 9.84 Å². The molecule has 132 valence electrons. The molecule has 0 saturated carbocycles. The van der Waals surface area contributed by atoms with Crippen LogP contribution in [0.5, 0.6) is 5.75 Å². The summed E-state index contributed by atoms with van der Waals surface area (Å²) in [5.41, 5.74) is 0.701. The lowest BCUT2D eigenvalue weighted by Crippen LogP contribution is -2.13. The van der Waals surface area contributed by atoms with Gasteiger partial charge in [-0.05, 0) is 22.9 Å². The second-order valence-electron chi connectivity index (χ2n) is 5.84. The predicted octanol–water partition coefficient (Wildman–Crippen LogP) is 2.46. The standard InChI is InChI=1S/C19H19N5O2/c25-9-8-24-19-17(12-23-24)18(21-13-22-19)20-7-10-26-16-6-5-14-3-1-2-4-15(14)11-16/h1-6,11-13,25H,7-10H2,(H,20,21,22). The molecule has 0 spiro atoms. The molecule has 0 atom stereocenters. The van der Waals surface area contributed by atoms with Crippen LogP contribution in [-0.4, -0.2) is 44.6 Å². The van der Waals surface area contributed by atoms with Crippen molar-refractivity contribution in [1.82, 2.24) is 19.7 Å². The van der Waals surface area contributed by atoms with Crippen LogP contribution in [-0.2, 0) is 6.54 Å². The Labute approximate surface area is 150 Å². The quantitative estimate of drug-likeness (QED) is 0.499. The average Bonchev–Trinajstić information content (AvgIpc) is 3.09. The van der Waals surface area contributed by atoms with Crippen molar-refractivity contribution in [1.29, 1.82) is 0 Å². The molecule has 2 aromatic heterocycles. The number of aliphatic hydroxyl groups excluding tert-OH is 1. The summed E-state index contributed by atoms with van der Waals surface area (Å²) >= 11 is 0. The molecule has 2 aromatic carbocycles. The van der Waals surface area contributed by atoms with Gasteiger partial charge in [0.2, 0.25) is 0 Å².